The molecule has 0 unspecified atom stereocenters. The fraction of sp³-hybridized carbons (Fsp3) is 0. The second kappa shape index (κ2) is 4.17. The van der Waals surface area contributed by atoms with Crippen LogP contribution >= 0.6 is 0 Å². The molecule has 1 aromatic rings. The van der Waals surface area contributed by atoms with Crippen LogP contribution in [0.1, 0.15) is 0 Å². The first-order chi connectivity index (χ1) is 7.38. The van der Waals surface area contributed by atoms with Gasteiger partial charge < -0.3 is 0 Å². The average Bonchev–Trinajstić information content (AvgIpc) is 2.16. The summed E-state index contributed by atoms with van der Waals surface area (Å²) in [5.74, 6) is -1.33. The van der Waals surface area contributed by atoms with Crippen LogP contribution in [0.25, 0.3) is 0 Å². The van der Waals surface area contributed by atoms with Gasteiger partial charge in [-0.25, -0.2) is 4.79 Å². The number of carbonyl (C=O) groups excluding carboxylic acids is 1. The molecule has 9 heteroatoms. The highest BCUT2D eigenvalue weighted by Crippen LogP contribution is 2.21. The highest BCUT2D eigenvalue weighted by Gasteiger charge is 2.19. The van der Waals surface area contributed by atoms with Crippen LogP contribution in [0, 0.1) is 15.9 Å². The van der Waals surface area contributed by atoms with Gasteiger partial charge in [-0.2, -0.15) is 12.8 Å². The van der Waals surface area contributed by atoms with E-state index in [0.717, 1.165) is 12.1 Å². The van der Waals surface area contributed by atoms with E-state index in [2.05, 4.69) is 4.40 Å². The molecule has 0 radical (unpaired) electrons. The van der Waals surface area contributed by atoms with Gasteiger partial charge in [0.2, 0.25) is 5.82 Å². The van der Waals surface area contributed by atoms with Crippen LogP contribution in [0.15, 0.2) is 27.5 Å². The number of nitro benzene ring substituents is 1. The Kier molecular flexibility index (Phi) is 3.11. The van der Waals surface area contributed by atoms with Crippen LogP contribution in [0.4, 0.5) is 10.1 Å². The zero-order valence-electron chi connectivity index (χ0n) is 7.45. The Labute approximate surface area is 88.4 Å². The van der Waals surface area contributed by atoms with Crippen LogP contribution in [0.5, 0.6) is 0 Å². The van der Waals surface area contributed by atoms with E-state index in [1.54, 1.807) is 0 Å². The minimum absolute atomic E-state index is 0.411. The lowest BCUT2D eigenvalue weighted by atomic mass is 10.3. The lowest BCUT2D eigenvalue weighted by molar-refractivity contribution is -0.387. The van der Waals surface area contributed by atoms with Crippen molar-refractivity contribution in [2.24, 2.45) is 4.40 Å². The molecule has 0 atom stereocenters. The summed E-state index contributed by atoms with van der Waals surface area (Å²) < 4.78 is 37.7. The lowest BCUT2D eigenvalue weighted by Crippen LogP contribution is -1.99. The number of sulfonamides is 1. The van der Waals surface area contributed by atoms with Gasteiger partial charge in [0.05, 0.1) is 9.82 Å². The summed E-state index contributed by atoms with van der Waals surface area (Å²) >= 11 is 0. The molecule has 0 fully saturated rings. The standard InChI is InChI=1S/C7H3FN2O5S/c8-6-3-5(16(14,15)9-4-11)1-2-7(6)10(12)13/h1-3H. The van der Waals surface area contributed by atoms with Crippen LogP contribution < -0.4 is 0 Å². The van der Waals surface area contributed by atoms with Crippen molar-refractivity contribution in [1.29, 1.82) is 0 Å². The molecule has 0 N–H and O–H groups in total. The summed E-state index contributed by atoms with van der Waals surface area (Å²) in [6.07, 6.45) is 0.794. The third-order valence-corrected chi connectivity index (χ3v) is 2.74. The quantitative estimate of drug-likeness (QED) is 0.338. The highest BCUT2D eigenvalue weighted by atomic mass is 32.2. The van der Waals surface area contributed by atoms with E-state index in [1.165, 1.54) is 0 Å². The molecule has 1 aromatic carbocycles. The summed E-state index contributed by atoms with van der Waals surface area (Å²) in [7, 11) is -4.34. The van der Waals surface area contributed by atoms with E-state index in [-0.39, 0.29) is 0 Å². The average molecular weight is 246 g/mol. The molecule has 0 saturated carbocycles. The minimum Gasteiger partial charge on any atom is -0.258 e. The van der Waals surface area contributed by atoms with E-state index >= 15 is 0 Å². The minimum atomic E-state index is -4.34. The van der Waals surface area contributed by atoms with Gasteiger partial charge in [0.1, 0.15) is 0 Å². The van der Waals surface area contributed by atoms with E-state index in [1.807, 2.05) is 0 Å². The monoisotopic (exact) mass is 246 g/mol. The van der Waals surface area contributed by atoms with Gasteiger partial charge >= 0.3 is 5.69 Å². The van der Waals surface area contributed by atoms with Crippen LogP contribution in [0.3, 0.4) is 0 Å². The SMILES string of the molecule is O=C=NS(=O)(=O)c1ccc([N+](=O)[O-])c(F)c1. The first kappa shape index (κ1) is 12.0. The Hall–Kier alpha value is -2.12. The second-order valence-corrected chi connectivity index (χ2v) is 4.13. The van der Waals surface area contributed by atoms with Gasteiger partial charge in [0.25, 0.3) is 16.1 Å². The highest BCUT2D eigenvalue weighted by molar-refractivity contribution is 7.90. The molecule has 0 aliphatic heterocycles. The fourth-order valence-electron chi connectivity index (χ4n) is 0.898. The fourth-order valence-corrected chi connectivity index (χ4v) is 1.59. The third-order valence-electron chi connectivity index (χ3n) is 1.57. The van der Waals surface area contributed by atoms with Crippen molar-refractivity contribution < 1.29 is 22.5 Å². The summed E-state index contributed by atoms with van der Waals surface area (Å²) in [4.78, 5) is 18.4. The molecule has 1 rings (SSSR count). The van der Waals surface area contributed by atoms with E-state index in [9.17, 15) is 27.7 Å². The number of rotatable bonds is 3. The van der Waals surface area contributed by atoms with Crippen molar-refractivity contribution in [3.05, 3.63) is 34.1 Å². The number of hydrogen-bond donors (Lipinski definition) is 0. The Morgan fingerprint density at radius 1 is 1.44 bits per heavy atom. The molecule has 84 valence electrons. The maximum absolute atomic E-state index is 13.0. The van der Waals surface area contributed by atoms with Gasteiger partial charge in [0, 0.05) is 12.1 Å². The van der Waals surface area contributed by atoms with Gasteiger partial charge in [0.15, 0.2) is 0 Å². The summed E-state index contributed by atoms with van der Waals surface area (Å²) in [6, 6.07) is 1.86. The van der Waals surface area contributed by atoms with E-state index in [4.69, 9.17) is 0 Å². The first-order valence-corrected chi connectivity index (χ1v) is 5.10. The number of halogens is 1. The van der Waals surface area contributed by atoms with Gasteiger partial charge in [-0.1, -0.05) is 4.40 Å². The number of benzene rings is 1. The number of isocyanates is 1. The molecule has 0 aliphatic carbocycles. The molecule has 0 bridgehead atoms. The van der Waals surface area contributed by atoms with Crippen LogP contribution in [-0.4, -0.2) is 19.4 Å². The van der Waals surface area contributed by atoms with Gasteiger partial charge in [-0.15, -0.1) is 0 Å². The molecule has 0 spiro atoms. The van der Waals surface area contributed by atoms with Gasteiger partial charge in [-0.3, -0.25) is 10.1 Å². The van der Waals surface area contributed by atoms with E-state index < -0.39 is 31.3 Å². The number of nitro groups is 1. The molecule has 0 amide bonds. The Morgan fingerprint density at radius 2 is 2.06 bits per heavy atom. The maximum atomic E-state index is 13.0. The summed E-state index contributed by atoms with van der Waals surface area (Å²) in [6.45, 7) is 0. The molecule has 0 aliphatic rings. The largest absolute Gasteiger partial charge is 0.304 e. The molecule has 16 heavy (non-hydrogen) atoms. The first-order valence-electron chi connectivity index (χ1n) is 3.66. The van der Waals surface area contributed by atoms with Gasteiger partial charge in [-0.05, 0) is 6.07 Å². The summed E-state index contributed by atoms with van der Waals surface area (Å²) in [5, 5.41) is 10.2. The molecular formula is C7H3FN2O5S. The summed E-state index contributed by atoms with van der Waals surface area (Å²) in [5.41, 5.74) is -0.867. The zero-order chi connectivity index (χ0) is 12.3. The molecule has 7 nitrogen and oxygen atoms in total. The van der Waals surface area contributed by atoms with Crippen molar-refractivity contribution >= 4 is 21.8 Å². The Balaban J connectivity index is 3.37. The second-order valence-electron chi connectivity index (χ2n) is 2.53. The smallest absolute Gasteiger partial charge is 0.258 e. The van der Waals surface area contributed by atoms with Crippen molar-refractivity contribution in [3.8, 4) is 0 Å². The van der Waals surface area contributed by atoms with Crippen LogP contribution in [-0.2, 0) is 14.8 Å². The van der Waals surface area contributed by atoms with E-state index in [0.29, 0.717) is 12.1 Å². The Bertz CT molecular complexity index is 591. The molecule has 0 saturated heterocycles. The predicted molar refractivity (Wildman–Crippen MR) is 48.4 cm³/mol. The number of nitrogens with zero attached hydrogens (tertiary/aromatic N) is 2. The zero-order valence-corrected chi connectivity index (χ0v) is 8.27. The normalized spacial score (nSPS) is 10.6. The predicted octanol–water partition coefficient (Wildman–Crippen LogP) is 0.758. The van der Waals surface area contributed by atoms with Crippen molar-refractivity contribution in [2.75, 3.05) is 0 Å². The van der Waals surface area contributed by atoms with Crippen molar-refractivity contribution in [1.82, 2.24) is 0 Å². The Morgan fingerprint density at radius 3 is 2.50 bits per heavy atom. The van der Waals surface area contributed by atoms with Crippen molar-refractivity contribution in [2.45, 2.75) is 4.90 Å². The third kappa shape index (κ3) is 2.27. The topological polar surface area (TPSA) is 107 Å². The van der Waals surface area contributed by atoms with Crippen molar-refractivity contribution in [3.63, 3.8) is 0 Å². The molecule has 0 heterocycles. The van der Waals surface area contributed by atoms with Crippen LogP contribution in [0.2, 0.25) is 0 Å². The molecular weight excluding hydrogens is 243 g/mol. The maximum Gasteiger partial charge on any atom is 0.304 e. The number of hydrogen-bond acceptors (Lipinski definition) is 5. The lowest BCUT2D eigenvalue weighted by Gasteiger charge is -1.97. The molecule has 0 aromatic heterocycles.